The second-order valence-electron chi connectivity index (χ2n) is 7.28. The van der Waals surface area contributed by atoms with Crippen LogP contribution >= 0.6 is 0 Å². The number of hydrogen-bond donors (Lipinski definition) is 0. The highest BCUT2D eigenvalue weighted by Crippen LogP contribution is 2.38. The molecule has 24 heavy (non-hydrogen) atoms. The molecule has 1 saturated carbocycles. The Morgan fingerprint density at radius 2 is 1.75 bits per heavy atom. The van der Waals surface area contributed by atoms with Gasteiger partial charge in [0.05, 0.1) is 18.8 Å². The smallest absolute Gasteiger partial charge is 0.256 e. The molecule has 3 fully saturated rings. The molecular weight excluding hydrogens is 307 g/mol. The Hall–Kier alpha value is -1.46. The number of morpholine rings is 1. The lowest BCUT2D eigenvalue weighted by molar-refractivity contribution is -0.0556. The van der Waals surface area contributed by atoms with Crippen LogP contribution in [0.15, 0.2) is 24.3 Å². The van der Waals surface area contributed by atoms with E-state index in [4.69, 9.17) is 4.74 Å². The van der Waals surface area contributed by atoms with Gasteiger partial charge in [-0.05, 0) is 36.8 Å². The van der Waals surface area contributed by atoms with Crippen LogP contribution in [-0.4, -0.2) is 61.1 Å². The van der Waals surface area contributed by atoms with Gasteiger partial charge in [-0.3, -0.25) is 9.69 Å². The summed E-state index contributed by atoms with van der Waals surface area (Å²) in [5.41, 5.74) is 0.209. The SMILES string of the molecule is O=C(c1ccccc1F)N1C[C@H]2CCC[C@H](C1)C2N1CCOCC1. The Morgan fingerprint density at radius 1 is 1.08 bits per heavy atom. The van der Waals surface area contributed by atoms with Gasteiger partial charge in [0.1, 0.15) is 5.82 Å². The summed E-state index contributed by atoms with van der Waals surface area (Å²) in [5, 5.41) is 0. The highest BCUT2D eigenvalue weighted by atomic mass is 19.1. The second kappa shape index (κ2) is 6.81. The number of rotatable bonds is 2. The average molecular weight is 332 g/mol. The number of likely N-dealkylation sites (tertiary alicyclic amines) is 1. The molecule has 4 nitrogen and oxygen atoms in total. The van der Waals surface area contributed by atoms with Crippen LogP contribution in [0.25, 0.3) is 0 Å². The molecule has 1 amide bonds. The van der Waals surface area contributed by atoms with Gasteiger partial charge in [-0.1, -0.05) is 18.6 Å². The molecule has 0 unspecified atom stereocenters. The lowest BCUT2D eigenvalue weighted by Crippen LogP contribution is -2.61. The molecule has 0 N–H and O–H groups in total. The zero-order valence-corrected chi connectivity index (χ0v) is 14.0. The largest absolute Gasteiger partial charge is 0.379 e. The minimum atomic E-state index is -0.414. The zero-order chi connectivity index (χ0) is 16.5. The van der Waals surface area contributed by atoms with Gasteiger partial charge in [-0.15, -0.1) is 0 Å². The van der Waals surface area contributed by atoms with Crippen molar-refractivity contribution in [1.82, 2.24) is 9.80 Å². The molecule has 2 heterocycles. The minimum absolute atomic E-state index is 0.148. The van der Waals surface area contributed by atoms with Crippen molar-refractivity contribution in [3.05, 3.63) is 35.6 Å². The lowest BCUT2D eigenvalue weighted by Gasteiger charge is -2.52. The molecule has 2 atom stereocenters. The third-order valence-corrected chi connectivity index (χ3v) is 5.88. The first-order chi connectivity index (χ1) is 11.7. The molecule has 5 heteroatoms. The molecule has 3 aliphatic rings. The summed E-state index contributed by atoms with van der Waals surface area (Å²) >= 11 is 0. The molecule has 2 saturated heterocycles. The van der Waals surface area contributed by atoms with Crippen LogP contribution in [0.1, 0.15) is 29.6 Å². The van der Waals surface area contributed by atoms with Crippen LogP contribution in [0.5, 0.6) is 0 Å². The molecule has 1 aromatic carbocycles. The molecule has 130 valence electrons. The third-order valence-electron chi connectivity index (χ3n) is 5.88. The van der Waals surface area contributed by atoms with Gasteiger partial charge in [0, 0.05) is 32.2 Å². The Bertz CT molecular complexity index is 589. The normalized spacial score (nSPS) is 31.0. The van der Waals surface area contributed by atoms with Crippen molar-refractivity contribution in [3.63, 3.8) is 0 Å². The van der Waals surface area contributed by atoms with E-state index in [-0.39, 0.29) is 11.5 Å². The van der Waals surface area contributed by atoms with Crippen molar-refractivity contribution in [2.24, 2.45) is 11.8 Å². The van der Waals surface area contributed by atoms with E-state index in [9.17, 15) is 9.18 Å². The first kappa shape index (κ1) is 16.0. The fourth-order valence-electron chi connectivity index (χ4n) is 4.85. The zero-order valence-electron chi connectivity index (χ0n) is 14.0. The predicted octanol–water partition coefficient (Wildman–Crippen LogP) is 2.40. The number of benzene rings is 1. The van der Waals surface area contributed by atoms with Crippen LogP contribution in [0, 0.1) is 17.7 Å². The highest BCUT2D eigenvalue weighted by molar-refractivity contribution is 5.94. The predicted molar refractivity (Wildman–Crippen MR) is 89.3 cm³/mol. The van der Waals surface area contributed by atoms with E-state index in [2.05, 4.69) is 4.90 Å². The number of piperidine rings is 1. The third kappa shape index (κ3) is 2.95. The van der Waals surface area contributed by atoms with Gasteiger partial charge in [-0.2, -0.15) is 0 Å². The first-order valence-electron chi connectivity index (χ1n) is 9.09. The summed E-state index contributed by atoms with van der Waals surface area (Å²) in [6, 6.07) is 6.89. The minimum Gasteiger partial charge on any atom is -0.379 e. The monoisotopic (exact) mass is 332 g/mol. The number of amides is 1. The van der Waals surface area contributed by atoms with Gasteiger partial charge in [0.2, 0.25) is 0 Å². The molecule has 2 bridgehead atoms. The fourth-order valence-corrected chi connectivity index (χ4v) is 4.85. The number of ether oxygens (including phenoxy) is 1. The number of carbonyl (C=O) groups excluding carboxylic acids is 1. The Morgan fingerprint density at radius 3 is 2.42 bits per heavy atom. The number of halogens is 1. The molecule has 4 rings (SSSR count). The van der Waals surface area contributed by atoms with E-state index in [1.54, 1.807) is 18.2 Å². The van der Waals surface area contributed by atoms with Crippen molar-refractivity contribution in [1.29, 1.82) is 0 Å². The van der Waals surface area contributed by atoms with Crippen molar-refractivity contribution in [3.8, 4) is 0 Å². The standard InChI is InChI=1S/C19H25FN2O2/c20-17-7-2-1-6-16(17)19(23)22-12-14-4-3-5-15(13-22)18(14)21-8-10-24-11-9-21/h1-2,6-7,14-15,18H,3-5,8-13H2/t14-,15-/m1/s1. The maximum atomic E-state index is 14.0. The van der Waals surface area contributed by atoms with Crippen LogP contribution in [0.4, 0.5) is 4.39 Å². The first-order valence-corrected chi connectivity index (χ1v) is 9.09. The highest BCUT2D eigenvalue weighted by Gasteiger charge is 2.44. The molecule has 2 aliphatic heterocycles. The van der Waals surface area contributed by atoms with Crippen LogP contribution < -0.4 is 0 Å². The van der Waals surface area contributed by atoms with Gasteiger partial charge < -0.3 is 9.64 Å². The molecule has 1 aliphatic carbocycles. The quantitative estimate of drug-likeness (QED) is 0.834. The molecule has 0 radical (unpaired) electrons. The van der Waals surface area contributed by atoms with Crippen LogP contribution in [0.3, 0.4) is 0 Å². The summed E-state index contributed by atoms with van der Waals surface area (Å²) in [6.07, 6.45) is 3.58. The lowest BCUT2D eigenvalue weighted by atomic mass is 9.72. The van der Waals surface area contributed by atoms with Gasteiger partial charge >= 0.3 is 0 Å². The maximum absolute atomic E-state index is 14.0. The Kier molecular flexibility index (Phi) is 4.55. The van der Waals surface area contributed by atoms with Gasteiger partial charge in [0.25, 0.3) is 5.91 Å². The average Bonchev–Trinajstić information content (AvgIpc) is 2.61. The number of fused-ring (bicyclic) bond motifs is 2. The van der Waals surface area contributed by atoms with E-state index in [0.717, 1.165) is 39.4 Å². The maximum Gasteiger partial charge on any atom is 0.256 e. The van der Waals surface area contributed by atoms with Crippen molar-refractivity contribution < 1.29 is 13.9 Å². The number of carbonyl (C=O) groups is 1. The summed E-state index contributed by atoms with van der Waals surface area (Å²) in [7, 11) is 0. The molecule has 1 aromatic rings. The van der Waals surface area contributed by atoms with E-state index in [1.807, 2.05) is 4.90 Å². The molecule has 0 aromatic heterocycles. The van der Waals surface area contributed by atoms with E-state index in [0.29, 0.717) is 17.9 Å². The second-order valence-corrected chi connectivity index (χ2v) is 7.28. The number of hydrogen-bond acceptors (Lipinski definition) is 3. The van der Waals surface area contributed by atoms with Crippen molar-refractivity contribution >= 4 is 5.91 Å². The van der Waals surface area contributed by atoms with Crippen LogP contribution in [0.2, 0.25) is 0 Å². The Balaban J connectivity index is 1.51. The summed E-state index contributed by atoms with van der Waals surface area (Å²) in [6.45, 7) is 5.14. The molecular formula is C19H25FN2O2. The summed E-state index contributed by atoms with van der Waals surface area (Å²) in [4.78, 5) is 17.3. The van der Waals surface area contributed by atoms with E-state index >= 15 is 0 Å². The topological polar surface area (TPSA) is 32.8 Å². The van der Waals surface area contributed by atoms with Crippen molar-refractivity contribution in [2.45, 2.75) is 25.3 Å². The number of nitrogens with zero attached hydrogens (tertiary/aromatic N) is 2. The molecule has 0 spiro atoms. The summed E-state index contributed by atoms with van der Waals surface area (Å²) in [5.74, 6) is 0.450. The van der Waals surface area contributed by atoms with Crippen molar-refractivity contribution in [2.75, 3.05) is 39.4 Å². The van der Waals surface area contributed by atoms with E-state index < -0.39 is 5.82 Å². The Labute approximate surface area is 142 Å². The summed E-state index contributed by atoms with van der Waals surface area (Å²) < 4.78 is 19.5. The van der Waals surface area contributed by atoms with E-state index in [1.165, 1.54) is 25.3 Å². The van der Waals surface area contributed by atoms with Crippen LogP contribution in [-0.2, 0) is 4.74 Å². The fraction of sp³-hybridized carbons (Fsp3) is 0.632. The van der Waals surface area contributed by atoms with Gasteiger partial charge in [0.15, 0.2) is 0 Å². The van der Waals surface area contributed by atoms with Gasteiger partial charge in [-0.25, -0.2) is 4.39 Å².